The van der Waals surface area contributed by atoms with E-state index in [1.807, 2.05) is 0 Å². The fraction of sp³-hybridized carbons (Fsp3) is 1.00. The normalized spacial score (nSPS) is 12.0. The topological polar surface area (TPSA) is 30.5 Å². The average Bonchev–Trinajstić information content (AvgIpc) is 2.31. The lowest BCUT2D eigenvalue weighted by Gasteiger charge is -2.22. The first-order valence-electron chi connectivity index (χ1n) is 6.96. The summed E-state index contributed by atoms with van der Waals surface area (Å²) < 4.78 is 10.9. The Hall–Kier alpha value is -0.120. The van der Waals surface area contributed by atoms with Crippen molar-refractivity contribution in [2.24, 2.45) is 0 Å². The number of hydrogen-bond acceptors (Lipinski definition) is 3. The van der Waals surface area contributed by atoms with Gasteiger partial charge in [-0.1, -0.05) is 19.8 Å². The molecule has 1 N–H and O–H groups in total. The van der Waals surface area contributed by atoms with Gasteiger partial charge in [-0.25, -0.2) is 0 Å². The van der Waals surface area contributed by atoms with Gasteiger partial charge in [0.25, 0.3) is 0 Å². The molecule has 104 valence electrons. The van der Waals surface area contributed by atoms with Crippen LogP contribution in [0.3, 0.4) is 0 Å². The Morgan fingerprint density at radius 3 is 2.35 bits per heavy atom. The first-order valence-corrected chi connectivity index (χ1v) is 6.96. The van der Waals surface area contributed by atoms with Crippen LogP contribution in [-0.2, 0) is 9.47 Å². The van der Waals surface area contributed by atoms with Gasteiger partial charge >= 0.3 is 0 Å². The van der Waals surface area contributed by atoms with Crippen molar-refractivity contribution >= 4 is 0 Å². The third-order valence-corrected chi connectivity index (χ3v) is 3.04. The Morgan fingerprint density at radius 2 is 1.71 bits per heavy atom. The number of nitrogens with one attached hydrogen (secondary N) is 1. The number of methoxy groups -OCH3 is 1. The molecule has 0 aliphatic carbocycles. The monoisotopic (exact) mass is 245 g/mol. The first-order chi connectivity index (χ1) is 8.12. The van der Waals surface area contributed by atoms with Crippen LogP contribution < -0.4 is 5.32 Å². The Labute approximate surface area is 107 Å². The molecule has 0 unspecified atom stereocenters. The maximum atomic E-state index is 5.60. The van der Waals surface area contributed by atoms with Gasteiger partial charge in [-0.15, -0.1) is 0 Å². The van der Waals surface area contributed by atoms with Gasteiger partial charge < -0.3 is 14.8 Å². The number of ether oxygens (including phenoxy) is 2. The van der Waals surface area contributed by atoms with Gasteiger partial charge in [0.2, 0.25) is 0 Å². The number of unbranched alkanes of at least 4 members (excludes halogenated alkanes) is 3. The fourth-order valence-electron chi connectivity index (χ4n) is 1.51. The molecule has 0 saturated carbocycles. The summed E-state index contributed by atoms with van der Waals surface area (Å²) in [7, 11) is 1.75. The van der Waals surface area contributed by atoms with E-state index in [9.17, 15) is 0 Å². The largest absolute Gasteiger partial charge is 0.381 e. The summed E-state index contributed by atoms with van der Waals surface area (Å²) in [6.45, 7) is 10.3. The Balaban J connectivity index is 3.09. The Kier molecular flexibility index (Phi) is 10.9. The predicted molar refractivity (Wildman–Crippen MR) is 73.5 cm³/mol. The molecule has 0 aromatic rings. The minimum atomic E-state index is -0.0498. The van der Waals surface area contributed by atoms with Gasteiger partial charge in [-0.05, 0) is 46.2 Å². The quantitative estimate of drug-likeness (QED) is 0.536. The molecule has 0 radical (unpaired) electrons. The highest BCUT2D eigenvalue weighted by molar-refractivity contribution is 4.66. The van der Waals surface area contributed by atoms with E-state index in [-0.39, 0.29) is 5.60 Å². The first kappa shape index (κ1) is 16.9. The standard InChI is InChI=1S/C14H31NO2/c1-5-15-11-8-6-7-9-12-17-13-10-14(2,3)16-4/h15H,5-13H2,1-4H3. The molecule has 0 fully saturated rings. The zero-order valence-corrected chi connectivity index (χ0v) is 12.2. The summed E-state index contributed by atoms with van der Waals surface area (Å²) in [5, 5.41) is 3.34. The van der Waals surface area contributed by atoms with Crippen LogP contribution in [0.1, 0.15) is 52.9 Å². The number of hydrogen-bond donors (Lipinski definition) is 1. The van der Waals surface area contributed by atoms with Gasteiger partial charge in [-0.2, -0.15) is 0 Å². The average molecular weight is 245 g/mol. The number of rotatable bonds is 12. The van der Waals surface area contributed by atoms with Gasteiger partial charge in [-0.3, -0.25) is 0 Å². The van der Waals surface area contributed by atoms with Gasteiger partial charge in [0, 0.05) is 20.3 Å². The molecule has 3 heteroatoms. The third kappa shape index (κ3) is 12.1. The zero-order chi connectivity index (χ0) is 13.0. The summed E-state index contributed by atoms with van der Waals surface area (Å²) in [4.78, 5) is 0. The van der Waals surface area contributed by atoms with Crippen LogP contribution in [0, 0.1) is 0 Å². The molecule has 0 atom stereocenters. The molecule has 0 bridgehead atoms. The summed E-state index contributed by atoms with van der Waals surface area (Å²) >= 11 is 0. The van der Waals surface area contributed by atoms with E-state index in [1.165, 1.54) is 25.7 Å². The molecule has 0 aromatic carbocycles. The van der Waals surface area contributed by atoms with Crippen LogP contribution in [0.2, 0.25) is 0 Å². The van der Waals surface area contributed by atoms with E-state index in [1.54, 1.807) is 7.11 Å². The highest BCUT2D eigenvalue weighted by Crippen LogP contribution is 2.12. The molecule has 0 saturated heterocycles. The molecule has 0 heterocycles. The minimum Gasteiger partial charge on any atom is -0.381 e. The third-order valence-electron chi connectivity index (χ3n) is 3.04. The maximum Gasteiger partial charge on any atom is 0.0644 e. The molecule has 0 aromatic heterocycles. The second-order valence-electron chi connectivity index (χ2n) is 5.09. The van der Waals surface area contributed by atoms with Crippen molar-refractivity contribution in [2.75, 3.05) is 33.4 Å². The molecular weight excluding hydrogens is 214 g/mol. The van der Waals surface area contributed by atoms with Crippen LogP contribution in [0.15, 0.2) is 0 Å². The summed E-state index contributed by atoms with van der Waals surface area (Å²) in [6, 6.07) is 0. The van der Waals surface area contributed by atoms with Crippen LogP contribution in [0.5, 0.6) is 0 Å². The van der Waals surface area contributed by atoms with Crippen LogP contribution in [-0.4, -0.2) is 39.0 Å². The van der Waals surface area contributed by atoms with Crippen molar-refractivity contribution in [2.45, 2.75) is 58.5 Å². The van der Waals surface area contributed by atoms with E-state index in [0.29, 0.717) is 0 Å². The van der Waals surface area contributed by atoms with Crippen LogP contribution >= 0.6 is 0 Å². The lowest BCUT2D eigenvalue weighted by atomic mass is 10.1. The molecule has 0 amide bonds. The Bertz CT molecular complexity index is 160. The molecular formula is C14H31NO2. The summed E-state index contributed by atoms with van der Waals surface area (Å²) in [6.07, 6.45) is 6.01. The Morgan fingerprint density at radius 1 is 1.00 bits per heavy atom. The van der Waals surface area contributed by atoms with Crippen molar-refractivity contribution < 1.29 is 9.47 Å². The second kappa shape index (κ2) is 11.0. The minimum absolute atomic E-state index is 0.0498. The van der Waals surface area contributed by atoms with E-state index < -0.39 is 0 Å². The molecule has 0 rings (SSSR count). The van der Waals surface area contributed by atoms with Crippen molar-refractivity contribution in [3.63, 3.8) is 0 Å². The van der Waals surface area contributed by atoms with Crippen molar-refractivity contribution in [1.82, 2.24) is 5.32 Å². The van der Waals surface area contributed by atoms with Crippen molar-refractivity contribution in [3.8, 4) is 0 Å². The summed E-state index contributed by atoms with van der Waals surface area (Å²) in [5.74, 6) is 0. The van der Waals surface area contributed by atoms with E-state index in [2.05, 4.69) is 26.1 Å². The van der Waals surface area contributed by atoms with Gasteiger partial charge in [0.05, 0.1) is 5.60 Å². The lowest BCUT2D eigenvalue weighted by molar-refractivity contribution is -0.0101. The fourth-order valence-corrected chi connectivity index (χ4v) is 1.51. The van der Waals surface area contributed by atoms with Crippen molar-refractivity contribution in [3.05, 3.63) is 0 Å². The molecule has 3 nitrogen and oxygen atoms in total. The highest BCUT2D eigenvalue weighted by atomic mass is 16.5. The highest BCUT2D eigenvalue weighted by Gasteiger charge is 2.15. The predicted octanol–water partition coefficient (Wildman–Crippen LogP) is 2.99. The van der Waals surface area contributed by atoms with E-state index in [4.69, 9.17) is 9.47 Å². The second-order valence-corrected chi connectivity index (χ2v) is 5.09. The molecule has 0 spiro atoms. The van der Waals surface area contributed by atoms with Crippen molar-refractivity contribution in [1.29, 1.82) is 0 Å². The van der Waals surface area contributed by atoms with Crippen LogP contribution in [0.4, 0.5) is 0 Å². The maximum absolute atomic E-state index is 5.60. The van der Waals surface area contributed by atoms with Crippen LogP contribution in [0.25, 0.3) is 0 Å². The lowest BCUT2D eigenvalue weighted by Crippen LogP contribution is -2.24. The van der Waals surface area contributed by atoms with Gasteiger partial charge in [0.15, 0.2) is 0 Å². The molecule has 0 aliphatic heterocycles. The SMILES string of the molecule is CCNCCCCCCOCCC(C)(C)OC. The van der Waals surface area contributed by atoms with E-state index in [0.717, 1.165) is 32.7 Å². The zero-order valence-electron chi connectivity index (χ0n) is 12.2. The molecule has 17 heavy (non-hydrogen) atoms. The van der Waals surface area contributed by atoms with E-state index >= 15 is 0 Å². The molecule has 0 aliphatic rings. The van der Waals surface area contributed by atoms with Gasteiger partial charge in [0.1, 0.15) is 0 Å². The smallest absolute Gasteiger partial charge is 0.0644 e. The summed E-state index contributed by atoms with van der Waals surface area (Å²) in [5.41, 5.74) is -0.0498.